The van der Waals surface area contributed by atoms with Gasteiger partial charge in [-0.1, -0.05) is 12.1 Å². The van der Waals surface area contributed by atoms with Crippen molar-refractivity contribution in [2.24, 2.45) is 0 Å². The monoisotopic (exact) mass is 436 g/mol. The van der Waals surface area contributed by atoms with Crippen LogP contribution in [0.1, 0.15) is 33.5 Å². The zero-order valence-corrected chi connectivity index (χ0v) is 17.1. The highest BCUT2D eigenvalue weighted by Gasteiger charge is 2.19. The Bertz CT molecular complexity index is 1170. The summed E-state index contributed by atoms with van der Waals surface area (Å²) in [6.45, 7) is 0.646. The summed E-state index contributed by atoms with van der Waals surface area (Å²) in [5.41, 5.74) is 0.769. The van der Waals surface area contributed by atoms with Crippen molar-refractivity contribution in [1.29, 1.82) is 0 Å². The Morgan fingerprint density at radius 2 is 2.07 bits per heavy atom. The van der Waals surface area contributed by atoms with E-state index in [2.05, 4.69) is 14.7 Å². The molecule has 3 rings (SSSR count). The number of aryl methyl sites for hydroxylation is 1. The lowest BCUT2D eigenvalue weighted by molar-refractivity contribution is -0.0512. The van der Waals surface area contributed by atoms with Gasteiger partial charge in [-0.15, -0.1) is 11.3 Å². The van der Waals surface area contributed by atoms with E-state index in [4.69, 9.17) is 9.47 Å². The van der Waals surface area contributed by atoms with Crippen molar-refractivity contribution in [3.63, 3.8) is 0 Å². The van der Waals surface area contributed by atoms with Crippen LogP contribution in [0, 0.1) is 6.92 Å². The molecule has 0 aliphatic heterocycles. The molecule has 1 N–H and O–H groups in total. The second kappa shape index (κ2) is 9.04. The highest BCUT2D eigenvalue weighted by atomic mass is 32.1. The number of aromatic nitrogens is 2. The minimum atomic E-state index is -2.96. The normalized spacial score (nSPS) is 11.4. The molecule has 2 heterocycles. The van der Waals surface area contributed by atoms with Crippen molar-refractivity contribution in [2.75, 3.05) is 13.7 Å². The minimum absolute atomic E-state index is 0.0850. The summed E-state index contributed by atoms with van der Waals surface area (Å²) in [7, 11) is 1.34. The molecule has 0 unspecified atom stereocenters. The number of nitrogens with one attached hydrogen (secondary N) is 1. The first kappa shape index (κ1) is 21.4. The van der Waals surface area contributed by atoms with Crippen molar-refractivity contribution < 1.29 is 27.8 Å². The third-order valence-corrected chi connectivity index (χ3v) is 5.28. The maximum Gasteiger partial charge on any atom is 0.387 e. The molecule has 0 spiro atoms. The maximum absolute atomic E-state index is 12.5. The van der Waals surface area contributed by atoms with Crippen molar-refractivity contribution in [2.45, 2.75) is 20.5 Å². The molecule has 0 radical (unpaired) electrons. The Labute approximate surface area is 173 Å². The van der Waals surface area contributed by atoms with E-state index < -0.39 is 12.6 Å². The van der Waals surface area contributed by atoms with E-state index >= 15 is 0 Å². The van der Waals surface area contributed by atoms with E-state index in [0.29, 0.717) is 26.2 Å². The number of ether oxygens (including phenoxy) is 3. The average Bonchev–Trinajstić information content (AvgIpc) is 3.04. The van der Waals surface area contributed by atoms with E-state index in [1.165, 1.54) is 19.2 Å². The fourth-order valence-corrected chi connectivity index (χ4v) is 3.87. The van der Waals surface area contributed by atoms with E-state index in [1.54, 1.807) is 32.1 Å². The fourth-order valence-electron chi connectivity index (χ4n) is 2.79. The number of alkyl halides is 2. The number of aromatic amines is 1. The molecule has 7 nitrogen and oxygen atoms in total. The third-order valence-electron chi connectivity index (χ3n) is 4.12. The molecule has 0 aliphatic rings. The number of nitrogens with zero attached hydrogens (tertiary/aromatic N) is 1. The average molecular weight is 436 g/mol. The summed E-state index contributed by atoms with van der Waals surface area (Å²) in [6.07, 6.45) is 3.19. The Balaban J connectivity index is 1.93. The smallest absolute Gasteiger partial charge is 0.387 e. The first-order valence-corrected chi connectivity index (χ1v) is 9.67. The van der Waals surface area contributed by atoms with Crippen LogP contribution in [-0.4, -0.2) is 36.3 Å². The Kier molecular flexibility index (Phi) is 6.46. The maximum atomic E-state index is 12.5. The van der Waals surface area contributed by atoms with Gasteiger partial charge in [0.05, 0.1) is 19.1 Å². The first-order chi connectivity index (χ1) is 14.3. The molecule has 2 aromatic heterocycles. The van der Waals surface area contributed by atoms with Crippen molar-refractivity contribution in [3.05, 3.63) is 50.4 Å². The number of hydrogen-bond donors (Lipinski definition) is 1. The van der Waals surface area contributed by atoms with Crippen molar-refractivity contribution in [1.82, 2.24) is 9.97 Å². The zero-order valence-electron chi connectivity index (χ0n) is 16.3. The second-order valence-electron chi connectivity index (χ2n) is 6.03. The lowest BCUT2D eigenvalue weighted by atomic mass is 10.2. The van der Waals surface area contributed by atoms with Gasteiger partial charge in [0.25, 0.3) is 5.56 Å². The molecule has 1 aromatic carbocycles. The lowest BCUT2D eigenvalue weighted by Crippen LogP contribution is -2.10. The third kappa shape index (κ3) is 4.48. The van der Waals surface area contributed by atoms with Crippen LogP contribution in [-0.2, 0) is 4.74 Å². The molecule has 3 aromatic rings. The van der Waals surface area contributed by atoms with Gasteiger partial charge in [0.15, 0.2) is 11.5 Å². The molecule has 158 valence electrons. The number of methoxy groups -OCH3 is 1. The summed E-state index contributed by atoms with van der Waals surface area (Å²) in [5, 5.41) is 0.343. The summed E-state index contributed by atoms with van der Waals surface area (Å²) in [5.74, 6) is -0.163. The molecule has 0 amide bonds. The Hall–Kier alpha value is -3.27. The Morgan fingerprint density at radius 1 is 1.30 bits per heavy atom. The minimum Gasteiger partial charge on any atom is -0.493 e. The highest BCUT2D eigenvalue weighted by Crippen LogP contribution is 2.30. The van der Waals surface area contributed by atoms with Crippen LogP contribution >= 0.6 is 11.3 Å². The zero-order chi connectivity index (χ0) is 21.8. The van der Waals surface area contributed by atoms with Gasteiger partial charge in [-0.05, 0) is 43.2 Å². The van der Waals surface area contributed by atoms with Crippen LogP contribution in [0.15, 0.2) is 23.0 Å². The van der Waals surface area contributed by atoms with Gasteiger partial charge in [-0.2, -0.15) is 8.78 Å². The largest absolute Gasteiger partial charge is 0.493 e. The molecule has 0 saturated heterocycles. The molecule has 0 atom stereocenters. The molecular weight excluding hydrogens is 418 g/mol. The van der Waals surface area contributed by atoms with Gasteiger partial charge in [-0.3, -0.25) is 4.79 Å². The predicted octanol–water partition coefficient (Wildman–Crippen LogP) is 4.25. The number of hydrogen-bond acceptors (Lipinski definition) is 7. The number of benzene rings is 1. The second-order valence-corrected chi connectivity index (χ2v) is 7.03. The SMILES string of the molecule is CCOC(=O)c1sc2nc(C=Cc3ccc(OC(F)F)c(OC)c3)[nH]c(=O)c2c1C. The van der Waals surface area contributed by atoms with Gasteiger partial charge < -0.3 is 19.2 Å². The van der Waals surface area contributed by atoms with E-state index in [0.717, 1.165) is 11.3 Å². The summed E-state index contributed by atoms with van der Waals surface area (Å²) in [4.78, 5) is 32.4. The number of H-pyrrole nitrogens is 1. The number of carbonyl (C=O) groups is 1. The molecular formula is C20H18F2N2O5S. The first-order valence-electron chi connectivity index (χ1n) is 8.85. The number of halogens is 2. The van der Waals surface area contributed by atoms with Crippen LogP contribution in [0.5, 0.6) is 11.5 Å². The summed E-state index contributed by atoms with van der Waals surface area (Å²) >= 11 is 1.09. The van der Waals surface area contributed by atoms with Crippen LogP contribution < -0.4 is 15.0 Å². The predicted molar refractivity (Wildman–Crippen MR) is 109 cm³/mol. The Morgan fingerprint density at radius 3 is 2.73 bits per heavy atom. The van der Waals surface area contributed by atoms with E-state index in [9.17, 15) is 18.4 Å². The lowest BCUT2D eigenvalue weighted by Gasteiger charge is -2.10. The van der Waals surface area contributed by atoms with Crippen LogP contribution in [0.4, 0.5) is 8.78 Å². The molecule has 0 fully saturated rings. The highest BCUT2D eigenvalue weighted by molar-refractivity contribution is 7.20. The van der Waals surface area contributed by atoms with Gasteiger partial charge in [0, 0.05) is 0 Å². The number of esters is 1. The quantitative estimate of drug-likeness (QED) is 0.557. The molecule has 10 heteroatoms. The molecule has 0 bridgehead atoms. The fraction of sp³-hybridized carbons (Fsp3) is 0.250. The standard InChI is InChI=1S/C20H18F2N2O5S/c1-4-28-19(26)16-10(2)15-17(25)23-14(24-18(15)30-16)8-6-11-5-7-12(29-20(21)22)13(9-11)27-3/h5-9,20H,4H2,1-3H3,(H,23,24,25). The van der Waals surface area contributed by atoms with E-state index in [-0.39, 0.29) is 29.5 Å². The van der Waals surface area contributed by atoms with Crippen molar-refractivity contribution >= 4 is 39.7 Å². The van der Waals surface area contributed by atoms with Crippen LogP contribution in [0.3, 0.4) is 0 Å². The number of rotatable bonds is 7. The van der Waals surface area contributed by atoms with Gasteiger partial charge in [-0.25, -0.2) is 9.78 Å². The van der Waals surface area contributed by atoms with Gasteiger partial charge in [0.1, 0.15) is 15.5 Å². The molecule has 0 saturated carbocycles. The number of carbonyl (C=O) groups excluding carboxylic acids is 1. The molecule has 0 aliphatic carbocycles. The topological polar surface area (TPSA) is 90.5 Å². The van der Waals surface area contributed by atoms with Gasteiger partial charge in [0.2, 0.25) is 0 Å². The number of thiophene rings is 1. The van der Waals surface area contributed by atoms with Crippen LogP contribution in [0.25, 0.3) is 22.4 Å². The number of fused-ring (bicyclic) bond motifs is 1. The summed E-state index contributed by atoms with van der Waals surface area (Å²) in [6, 6.07) is 4.43. The molecule has 30 heavy (non-hydrogen) atoms. The van der Waals surface area contributed by atoms with Crippen LogP contribution in [0.2, 0.25) is 0 Å². The van der Waals surface area contributed by atoms with E-state index in [1.807, 2.05) is 0 Å². The van der Waals surface area contributed by atoms with Gasteiger partial charge >= 0.3 is 12.6 Å². The summed E-state index contributed by atoms with van der Waals surface area (Å²) < 4.78 is 39.3. The van der Waals surface area contributed by atoms with Crippen molar-refractivity contribution in [3.8, 4) is 11.5 Å².